The van der Waals surface area contributed by atoms with E-state index in [9.17, 15) is 9.59 Å². The van der Waals surface area contributed by atoms with Crippen molar-refractivity contribution in [3.63, 3.8) is 0 Å². The Bertz CT molecular complexity index is 913. The van der Waals surface area contributed by atoms with Crippen LogP contribution in [0.15, 0.2) is 55.2 Å². The molecule has 0 aliphatic carbocycles. The van der Waals surface area contributed by atoms with Crippen LogP contribution in [-0.2, 0) is 11.3 Å². The summed E-state index contributed by atoms with van der Waals surface area (Å²) in [5.74, 6) is 0.0145. The summed E-state index contributed by atoms with van der Waals surface area (Å²) in [5.41, 5.74) is 1.33. The molecule has 0 aliphatic rings. The van der Waals surface area contributed by atoms with Gasteiger partial charge in [0.1, 0.15) is 12.7 Å². The number of carbonyl (C=O) groups excluding carboxylic acids is 2. The summed E-state index contributed by atoms with van der Waals surface area (Å²) < 4.78 is 2.36. The second-order valence-electron chi connectivity index (χ2n) is 5.27. The Kier molecular flexibility index (Phi) is 5.89. The van der Waals surface area contributed by atoms with Gasteiger partial charge in [-0.05, 0) is 40.8 Å². The Labute approximate surface area is 163 Å². The standard InChI is InChI=1S/C17H15IN6O2/c18-14-6-2-1-5-13(14)17(26)22-9-15(25)21-8-12-4-3-7-20-16(12)24-11-19-10-23-24/h1-7,10-11H,8-9H2,(H,21,25)(H,22,26). The summed E-state index contributed by atoms with van der Waals surface area (Å²) >= 11 is 2.08. The summed E-state index contributed by atoms with van der Waals surface area (Å²) in [6.45, 7) is 0.156. The normalized spacial score (nSPS) is 10.3. The Morgan fingerprint density at radius 3 is 2.73 bits per heavy atom. The van der Waals surface area contributed by atoms with E-state index >= 15 is 0 Å². The first-order chi connectivity index (χ1) is 12.6. The van der Waals surface area contributed by atoms with Gasteiger partial charge in [0.15, 0.2) is 5.82 Å². The number of carbonyl (C=O) groups is 2. The molecule has 0 radical (unpaired) electrons. The molecule has 26 heavy (non-hydrogen) atoms. The lowest BCUT2D eigenvalue weighted by Gasteiger charge is -2.10. The largest absolute Gasteiger partial charge is 0.350 e. The second kappa shape index (κ2) is 8.52. The number of hydrogen-bond donors (Lipinski definition) is 2. The highest BCUT2D eigenvalue weighted by molar-refractivity contribution is 14.1. The van der Waals surface area contributed by atoms with Crippen LogP contribution in [0, 0.1) is 3.57 Å². The molecule has 2 aromatic heterocycles. The predicted molar refractivity (Wildman–Crippen MR) is 102 cm³/mol. The topological polar surface area (TPSA) is 102 Å². The van der Waals surface area contributed by atoms with E-state index in [0.717, 1.165) is 9.13 Å². The van der Waals surface area contributed by atoms with E-state index < -0.39 is 0 Å². The third-order valence-electron chi connectivity index (χ3n) is 3.51. The van der Waals surface area contributed by atoms with Crippen LogP contribution >= 0.6 is 22.6 Å². The van der Waals surface area contributed by atoms with Crippen molar-refractivity contribution in [1.82, 2.24) is 30.4 Å². The van der Waals surface area contributed by atoms with Gasteiger partial charge in [0.25, 0.3) is 5.91 Å². The van der Waals surface area contributed by atoms with E-state index in [1.807, 2.05) is 18.2 Å². The minimum atomic E-state index is -0.294. The van der Waals surface area contributed by atoms with Crippen LogP contribution in [-0.4, -0.2) is 38.1 Å². The lowest BCUT2D eigenvalue weighted by Crippen LogP contribution is -2.37. The van der Waals surface area contributed by atoms with Gasteiger partial charge in [0.05, 0.1) is 12.1 Å². The Hall–Kier alpha value is -2.82. The maximum Gasteiger partial charge on any atom is 0.252 e. The van der Waals surface area contributed by atoms with Crippen molar-refractivity contribution in [2.75, 3.05) is 6.54 Å². The highest BCUT2D eigenvalue weighted by atomic mass is 127. The van der Waals surface area contributed by atoms with Crippen molar-refractivity contribution in [3.8, 4) is 5.82 Å². The fraction of sp³-hybridized carbons (Fsp3) is 0.118. The van der Waals surface area contributed by atoms with Gasteiger partial charge in [-0.3, -0.25) is 9.59 Å². The van der Waals surface area contributed by atoms with Crippen LogP contribution in [0.2, 0.25) is 0 Å². The van der Waals surface area contributed by atoms with E-state index in [1.54, 1.807) is 24.4 Å². The summed E-state index contributed by atoms with van der Waals surface area (Å²) in [5, 5.41) is 9.43. The lowest BCUT2D eigenvalue weighted by molar-refractivity contribution is -0.120. The first-order valence-corrected chi connectivity index (χ1v) is 8.81. The van der Waals surface area contributed by atoms with Crippen molar-refractivity contribution in [2.45, 2.75) is 6.54 Å². The molecule has 0 aliphatic heterocycles. The minimum Gasteiger partial charge on any atom is -0.350 e. The van der Waals surface area contributed by atoms with Gasteiger partial charge >= 0.3 is 0 Å². The van der Waals surface area contributed by atoms with Crippen LogP contribution in [0.1, 0.15) is 15.9 Å². The predicted octanol–water partition coefficient (Wildman–Crippen LogP) is 1.31. The molecule has 2 N–H and O–H groups in total. The number of nitrogens with zero attached hydrogens (tertiary/aromatic N) is 4. The van der Waals surface area contributed by atoms with Gasteiger partial charge in [-0.25, -0.2) is 14.6 Å². The number of rotatable bonds is 6. The molecule has 8 nitrogen and oxygen atoms in total. The highest BCUT2D eigenvalue weighted by Gasteiger charge is 2.12. The Morgan fingerprint density at radius 1 is 1.12 bits per heavy atom. The summed E-state index contributed by atoms with van der Waals surface area (Å²) in [7, 11) is 0. The molecule has 3 rings (SSSR count). The molecule has 2 amide bonds. The Balaban J connectivity index is 1.55. The SMILES string of the molecule is O=C(CNC(=O)c1ccccc1I)NCc1cccnc1-n1cncn1. The molecule has 0 spiro atoms. The number of pyridine rings is 1. The van der Waals surface area contributed by atoms with Crippen molar-refractivity contribution < 1.29 is 9.59 Å². The average molecular weight is 462 g/mol. The number of nitrogens with one attached hydrogen (secondary N) is 2. The molecule has 132 valence electrons. The molecular weight excluding hydrogens is 447 g/mol. The number of hydrogen-bond acceptors (Lipinski definition) is 5. The van der Waals surface area contributed by atoms with Gasteiger partial charge < -0.3 is 10.6 Å². The van der Waals surface area contributed by atoms with E-state index in [2.05, 4.69) is 48.3 Å². The summed E-state index contributed by atoms with van der Waals surface area (Å²) in [4.78, 5) is 32.3. The van der Waals surface area contributed by atoms with Crippen LogP contribution in [0.3, 0.4) is 0 Å². The van der Waals surface area contributed by atoms with Crippen molar-refractivity contribution >= 4 is 34.4 Å². The van der Waals surface area contributed by atoms with E-state index in [4.69, 9.17) is 0 Å². The van der Waals surface area contributed by atoms with Crippen LogP contribution in [0.25, 0.3) is 5.82 Å². The van der Waals surface area contributed by atoms with Gasteiger partial charge in [-0.2, -0.15) is 5.10 Å². The molecule has 1 aromatic carbocycles. The molecule has 0 saturated carbocycles. The molecule has 0 fully saturated rings. The van der Waals surface area contributed by atoms with Crippen molar-refractivity contribution in [3.05, 3.63) is 69.9 Å². The summed E-state index contributed by atoms with van der Waals surface area (Å²) in [6, 6.07) is 10.8. The van der Waals surface area contributed by atoms with Gasteiger partial charge in [-0.1, -0.05) is 18.2 Å². The number of halogens is 1. The Morgan fingerprint density at radius 2 is 1.96 bits per heavy atom. The van der Waals surface area contributed by atoms with E-state index in [-0.39, 0.29) is 24.9 Å². The maximum absolute atomic E-state index is 12.1. The highest BCUT2D eigenvalue weighted by Crippen LogP contribution is 2.11. The van der Waals surface area contributed by atoms with E-state index in [1.165, 1.54) is 17.3 Å². The van der Waals surface area contributed by atoms with Gasteiger partial charge in [0.2, 0.25) is 5.91 Å². The zero-order valence-corrected chi connectivity index (χ0v) is 15.8. The van der Waals surface area contributed by atoms with Crippen LogP contribution in [0.5, 0.6) is 0 Å². The average Bonchev–Trinajstić information content (AvgIpc) is 3.19. The van der Waals surface area contributed by atoms with Crippen molar-refractivity contribution in [2.24, 2.45) is 0 Å². The molecule has 0 unspecified atom stereocenters. The molecule has 9 heteroatoms. The zero-order valence-electron chi connectivity index (χ0n) is 13.6. The monoisotopic (exact) mass is 462 g/mol. The minimum absolute atomic E-state index is 0.108. The first kappa shape index (κ1) is 18.0. The number of aromatic nitrogens is 4. The van der Waals surface area contributed by atoms with Crippen LogP contribution < -0.4 is 10.6 Å². The zero-order chi connectivity index (χ0) is 18.4. The smallest absolute Gasteiger partial charge is 0.252 e. The lowest BCUT2D eigenvalue weighted by atomic mass is 10.2. The van der Waals surface area contributed by atoms with E-state index in [0.29, 0.717) is 11.4 Å². The second-order valence-corrected chi connectivity index (χ2v) is 6.43. The number of amides is 2. The molecular formula is C17H15IN6O2. The summed E-state index contributed by atoms with van der Waals surface area (Å²) in [6.07, 6.45) is 4.59. The van der Waals surface area contributed by atoms with Gasteiger partial charge in [0, 0.05) is 21.9 Å². The van der Waals surface area contributed by atoms with Crippen LogP contribution in [0.4, 0.5) is 0 Å². The molecule has 0 bridgehead atoms. The fourth-order valence-electron chi connectivity index (χ4n) is 2.25. The molecule has 0 saturated heterocycles. The quantitative estimate of drug-likeness (QED) is 0.539. The molecule has 0 atom stereocenters. The molecule has 3 aromatic rings. The fourth-order valence-corrected chi connectivity index (χ4v) is 2.88. The van der Waals surface area contributed by atoms with Crippen molar-refractivity contribution in [1.29, 1.82) is 0 Å². The third kappa shape index (κ3) is 4.42. The first-order valence-electron chi connectivity index (χ1n) is 7.73. The number of benzene rings is 1. The third-order valence-corrected chi connectivity index (χ3v) is 4.45. The maximum atomic E-state index is 12.1. The van der Waals surface area contributed by atoms with Gasteiger partial charge in [-0.15, -0.1) is 0 Å². The molecule has 2 heterocycles.